The van der Waals surface area contributed by atoms with Gasteiger partial charge in [0.15, 0.2) is 0 Å². The van der Waals surface area contributed by atoms with E-state index in [1.165, 1.54) is 0 Å². The highest BCUT2D eigenvalue weighted by atomic mass is 28.3. The van der Waals surface area contributed by atoms with Gasteiger partial charge in [0.05, 0.1) is 0 Å². The number of nitrogens with zero attached hydrogens (tertiary/aromatic N) is 2. The number of rotatable bonds is 5. The molecule has 7 heteroatoms. The fourth-order valence-corrected chi connectivity index (χ4v) is 1.99. The van der Waals surface area contributed by atoms with E-state index in [9.17, 15) is 9.59 Å². The van der Waals surface area contributed by atoms with Crippen LogP contribution in [0.25, 0.3) is 0 Å². The monoisotopic (exact) mass is 267 g/mol. The van der Waals surface area contributed by atoms with Gasteiger partial charge in [-0.3, -0.25) is 14.7 Å². The molecule has 0 aromatic carbocycles. The first-order chi connectivity index (χ1) is 8.33. The first-order valence-electron chi connectivity index (χ1n) is 5.65. The van der Waals surface area contributed by atoms with Crippen molar-refractivity contribution in [2.75, 3.05) is 6.61 Å². The van der Waals surface area contributed by atoms with Crippen LogP contribution in [0.2, 0.25) is 25.7 Å². The zero-order valence-corrected chi connectivity index (χ0v) is 11.8. The first-order valence-corrected chi connectivity index (χ1v) is 9.36. The van der Waals surface area contributed by atoms with Crippen LogP contribution in [0.4, 0.5) is 0 Å². The summed E-state index contributed by atoms with van der Waals surface area (Å²) in [6.07, 6.45) is 0. The van der Waals surface area contributed by atoms with Crippen LogP contribution in [-0.2, 0) is 11.5 Å². The number of nitriles is 1. The lowest BCUT2D eigenvalue weighted by molar-refractivity contribution is 0.0745. The molecule has 0 spiro atoms. The topological polar surface area (TPSA) is 87.9 Å². The number of hydrogen-bond acceptors (Lipinski definition) is 4. The van der Waals surface area contributed by atoms with Crippen molar-refractivity contribution in [1.29, 1.82) is 5.26 Å². The van der Waals surface area contributed by atoms with Gasteiger partial charge < -0.3 is 4.74 Å². The Morgan fingerprint density at radius 1 is 1.44 bits per heavy atom. The molecule has 6 nitrogen and oxygen atoms in total. The van der Waals surface area contributed by atoms with E-state index in [4.69, 9.17) is 10.00 Å². The lowest BCUT2D eigenvalue weighted by Crippen LogP contribution is -2.37. The van der Waals surface area contributed by atoms with Crippen LogP contribution in [-0.4, -0.2) is 24.5 Å². The van der Waals surface area contributed by atoms with Crippen LogP contribution in [0.15, 0.2) is 15.7 Å². The third-order valence-corrected chi connectivity index (χ3v) is 4.03. The smallest absolute Gasteiger partial charge is 0.314 e. The summed E-state index contributed by atoms with van der Waals surface area (Å²) in [4.78, 5) is 22.7. The van der Waals surface area contributed by atoms with Gasteiger partial charge in [0.25, 0.3) is 0 Å². The zero-order valence-electron chi connectivity index (χ0n) is 10.8. The highest BCUT2D eigenvalue weighted by Gasteiger charge is 2.12. The van der Waals surface area contributed by atoms with Gasteiger partial charge in [0.1, 0.15) is 18.5 Å². The van der Waals surface area contributed by atoms with Gasteiger partial charge >= 0.3 is 5.56 Å². The van der Waals surface area contributed by atoms with Crippen molar-refractivity contribution < 1.29 is 4.74 Å². The summed E-state index contributed by atoms with van der Waals surface area (Å²) in [6.45, 7) is 7.18. The molecule has 0 saturated carbocycles. The van der Waals surface area contributed by atoms with Crippen LogP contribution in [0, 0.1) is 11.3 Å². The molecule has 1 heterocycles. The van der Waals surface area contributed by atoms with Gasteiger partial charge in [-0.2, -0.15) is 5.26 Å². The number of aromatic amines is 1. The molecule has 1 rings (SSSR count). The summed E-state index contributed by atoms with van der Waals surface area (Å²) < 4.78 is 6.37. The van der Waals surface area contributed by atoms with Crippen molar-refractivity contribution in [2.24, 2.45) is 0 Å². The van der Waals surface area contributed by atoms with Crippen molar-refractivity contribution in [2.45, 2.75) is 32.4 Å². The molecule has 18 heavy (non-hydrogen) atoms. The van der Waals surface area contributed by atoms with Crippen molar-refractivity contribution in [1.82, 2.24) is 9.78 Å². The number of H-pyrrole nitrogens is 1. The summed E-state index contributed by atoms with van der Waals surface area (Å²) in [5.41, 5.74) is -1.37. The van der Waals surface area contributed by atoms with E-state index in [0.717, 1.165) is 16.8 Å². The molecule has 0 amide bonds. The van der Waals surface area contributed by atoms with Crippen LogP contribution in [0.1, 0.15) is 5.69 Å². The molecule has 0 aliphatic carbocycles. The molecule has 1 aromatic rings. The SMILES string of the molecule is C[Si](C)(C)CCOCn1[nH]c(C#N)cc(=O)c1=O. The average molecular weight is 267 g/mol. The van der Waals surface area contributed by atoms with Crippen LogP contribution < -0.4 is 11.0 Å². The molecule has 0 aliphatic heterocycles. The second kappa shape index (κ2) is 5.80. The molecule has 0 atom stereocenters. The van der Waals surface area contributed by atoms with E-state index in [2.05, 4.69) is 24.7 Å². The minimum absolute atomic E-state index is 0.0337. The Morgan fingerprint density at radius 2 is 2.11 bits per heavy atom. The number of nitrogens with one attached hydrogen (secondary N) is 1. The largest absolute Gasteiger partial charge is 0.359 e. The van der Waals surface area contributed by atoms with Gasteiger partial charge in [-0.05, 0) is 6.04 Å². The molecule has 0 saturated heterocycles. The Balaban J connectivity index is 2.69. The highest BCUT2D eigenvalue weighted by molar-refractivity contribution is 6.76. The predicted octanol–water partition coefficient (Wildman–Crippen LogP) is 0.721. The average Bonchev–Trinajstić information content (AvgIpc) is 2.28. The quantitative estimate of drug-likeness (QED) is 0.484. The van der Waals surface area contributed by atoms with Gasteiger partial charge in [0, 0.05) is 20.7 Å². The third-order valence-electron chi connectivity index (χ3n) is 2.32. The normalized spacial score (nSPS) is 11.2. The first kappa shape index (κ1) is 14.4. The van der Waals surface area contributed by atoms with E-state index >= 15 is 0 Å². The molecule has 0 bridgehead atoms. The molecular weight excluding hydrogens is 250 g/mol. The molecule has 1 N–H and O–H groups in total. The van der Waals surface area contributed by atoms with E-state index in [0.29, 0.717) is 6.61 Å². The summed E-state index contributed by atoms with van der Waals surface area (Å²) in [6, 6.07) is 3.75. The Bertz CT molecular complexity index is 563. The number of aromatic nitrogens is 2. The molecule has 1 aromatic heterocycles. The molecule has 0 radical (unpaired) electrons. The predicted molar refractivity (Wildman–Crippen MR) is 70.1 cm³/mol. The van der Waals surface area contributed by atoms with Crippen molar-refractivity contribution in [3.05, 3.63) is 32.3 Å². The van der Waals surface area contributed by atoms with Crippen molar-refractivity contribution >= 4 is 8.07 Å². The maximum absolute atomic E-state index is 11.5. The Labute approximate surface area is 106 Å². The second-order valence-corrected chi connectivity index (χ2v) is 10.8. The van der Waals surface area contributed by atoms with Crippen molar-refractivity contribution in [3.63, 3.8) is 0 Å². The summed E-state index contributed by atoms with van der Waals surface area (Å²) in [5, 5.41) is 11.2. The van der Waals surface area contributed by atoms with Crippen LogP contribution in [0.3, 0.4) is 0 Å². The van der Waals surface area contributed by atoms with Gasteiger partial charge in [-0.15, -0.1) is 0 Å². The second-order valence-electron chi connectivity index (χ2n) is 5.23. The molecule has 0 aliphatic rings. The standard InChI is InChI=1S/C11H17N3O3Si/c1-18(2,3)5-4-17-8-14-11(16)10(15)6-9(7-12)13-14/h6,13H,4-5,8H2,1-3H3. The Morgan fingerprint density at radius 3 is 2.67 bits per heavy atom. The maximum atomic E-state index is 11.5. The van der Waals surface area contributed by atoms with Gasteiger partial charge in [-0.1, -0.05) is 19.6 Å². The van der Waals surface area contributed by atoms with E-state index in [1.807, 2.05) is 0 Å². The van der Waals surface area contributed by atoms with E-state index < -0.39 is 19.1 Å². The molecule has 0 fully saturated rings. The fourth-order valence-electron chi connectivity index (χ4n) is 1.24. The lowest BCUT2D eigenvalue weighted by Gasteiger charge is -2.15. The minimum atomic E-state index is -1.17. The summed E-state index contributed by atoms with van der Waals surface area (Å²) in [5.74, 6) is 0. The maximum Gasteiger partial charge on any atom is 0.314 e. The summed E-state index contributed by atoms with van der Waals surface area (Å²) in [7, 11) is -1.17. The van der Waals surface area contributed by atoms with Gasteiger partial charge in [0.2, 0.25) is 5.43 Å². The lowest BCUT2D eigenvalue weighted by atomic mass is 10.4. The number of ether oxygens (including phenoxy) is 1. The molecular formula is C11H17N3O3Si. The van der Waals surface area contributed by atoms with Crippen molar-refractivity contribution in [3.8, 4) is 6.07 Å². The molecule has 0 unspecified atom stereocenters. The molecule has 98 valence electrons. The Kier molecular flexibility index (Phi) is 4.64. The zero-order chi connectivity index (χ0) is 13.8. The van der Waals surface area contributed by atoms with E-state index in [-0.39, 0.29) is 12.4 Å². The van der Waals surface area contributed by atoms with Crippen LogP contribution >= 0.6 is 0 Å². The van der Waals surface area contributed by atoms with Crippen LogP contribution in [0.5, 0.6) is 0 Å². The third kappa shape index (κ3) is 4.31. The number of hydrogen-bond donors (Lipinski definition) is 1. The fraction of sp³-hybridized carbons (Fsp3) is 0.545. The minimum Gasteiger partial charge on any atom is -0.359 e. The summed E-state index contributed by atoms with van der Waals surface area (Å²) >= 11 is 0. The highest BCUT2D eigenvalue weighted by Crippen LogP contribution is 2.07. The van der Waals surface area contributed by atoms with E-state index in [1.54, 1.807) is 6.07 Å². The van der Waals surface area contributed by atoms with Gasteiger partial charge in [-0.25, -0.2) is 4.68 Å². The Hall–Kier alpha value is -1.65.